The molecule has 0 unspecified atom stereocenters. The molecule has 1 aliphatic rings. The summed E-state index contributed by atoms with van der Waals surface area (Å²) in [6.45, 7) is 0.198. The zero-order valence-corrected chi connectivity index (χ0v) is 21.6. The number of anilines is 2. The number of carbonyl (C=O) groups is 1. The van der Waals surface area contributed by atoms with Crippen molar-refractivity contribution < 1.29 is 40.2 Å². The Bertz CT molecular complexity index is 1540. The number of thioether (sulfide) groups is 1. The molecule has 204 valence electrons. The molecule has 0 bridgehead atoms. The summed E-state index contributed by atoms with van der Waals surface area (Å²) in [6, 6.07) is 15.9. The third kappa shape index (κ3) is 7.09. The molecule has 0 aliphatic carbocycles. The Hall–Kier alpha value is -4.04. The Morgan fingerprint density at radius 1 is 0.974 bits per heavy atom. The van der Waals surface area contributed by atoms with Gasteiger partial charge < -0.3 is 14.8 Å². The van der Waals surface area contributed by atoms with Gasteiger partial charge in [-0.15, -0.1) is 0 Å². The van der Waals surface area contributed by atoms with Crippen LogP contribution in [0.15, 0.2) is 76.6 Å². The first-order valence-corrected chi connectivity index (χ1v) is 13.3. The van der Waals surface area contributed by atoms with Crippen molar-refractivity contribution in [3.63, 3.8) is 0 Å². The number of ether oxygens (including phenoxy) is 2. The van der Waals surface area contributed by atoms with E-state index in [2.05, 4.69) is 10.3 Å². The summed E-state index contributed by atoms with van der Waals surface area (Å²) >= 11 is 1.04. The highest BCUT2D eigenvalue weighted by atomic mass is 32.2. The van der Waals surface area contributed by atoms with Gasteiger partial charge in [0.25, 0.3) is 5.91 Å². The molecule has 39 heavy (non-hydrogen) atoms. The molecule has 3 aromatic carbocycles. The maximum absolute atomic E-state index is 13.1. The molecule has 0 fully saturated rings. The van der Waals surface area contributed by atoms with Crippen molar-refractivity contribution in [1.29, 1.82) is 0 Å². The van der Waals surface area contributed by atoms with Gasteiger partial charge in [0.05, 0.1) is 12.0 Å². The molecule has 2 N–H and O–H groups in total. The summed E-state index contributed by atoms with van der Waals surface area (Å²) in [5, 5.41) is 3.08. The van der Waals surface area contributed by atoms with Crippen molar-refractivity contribution in [2.24, 2.45) is 4.99 Å². The van der Waals surface area contributed by atoms with Gasteiger partial charge in [-0.25, -0.2) is 4.39 Å². The van der Waals surface area contributed by atoms with Gasteiger partial charge in [0.15, 0.2) is 16.7 Å². The Kier molecular flexibility index (Phi) is 8.16. The number of sulfonamides is 1. The SMILES string of the molecule is COc1cc(C=C2SC(Nc3ccc(NS(=O)(=O)C(F)(F)F)cc3)=NC2=O)ccc1OCc1ccc(F)cc1. The average molecular weight is 582 g/mol. The quantitative estimate of drug-likeness (QED) is 0.258. The van der Waals surface area contributed by atoms with Crippen molar-refractivity contribution >= 4 is 50.3 Å². The minimum absolute atomic E-state index is 0.198. The lowest BCUT2D eigenvalue weighted by Gasteiger charge is -2.12. The number of aliphatic imine (C=N–C) groups is 1. The molecule has 8 nitrogen and oxygen atoms in total. The van der Waals surface area contributed by atoms with E-state index in [4.69, 9.17) is 9.47 Å². The fourth-order valence-corrected chi connectivity index (χ4v) is 4.60. The Balaban J connectivity index is 1.39. The molecule has 3 aromatic rings. The highest BCUT2D eigenvalue weighted by molar-refractivity contribution is 8.18. The summed E-state index contributed by atoms with van der Waals surface area (Å²) in [4.78, 5) is 16.6. The van der Waals surface area contributed by atoms with Crippen LogP contribution >= 0.6 is 11.8 Å². The second-order valence-electron chi connectivity index (χ2n) is 7.91. The monoisotopic (exact) mass is 581 g/mol. The van der Waals surface area contributed by atoms with Crippen LogP contribution in [0.1, 0.15) is 11.1 Å². The van der Waals surface area contributed by atoms with Gasteiger partial charge >= 0.3 is 15.5 Å². The molecule has 0 saturated carbocycles. The fourth-order valence-electron chi connectivity index (χ4n) is 3.21. The number of nitrogens with one attached hydrogen (secondary N) is 2. The van der Waals surface area contributed by atoms with Crippen molar-refractivity contribution in [2.45, 2.75) is 12.1 Å². The smallest absolute Gasteiger partial charge is 0.493 e. The van der Waals surface area contributed by atoms with E-state index in [0.29, 0.717) is 27.7 Å². The second-order valence-corrected chi connectivity index (χ2v) is 10.6. The maximum atomic E-state index is 13.1. The van der Waals surface area contributed by atoms with Gasteiger partial charge in [0.2, 0.25) is 0 Å². The molecule has 1 amide bonds. The van der Waals surface area contributed by atoms with E-state index in [0.717, 1.165) is 29.5 Å². The molecule has 1 heterocycles. The number of amides is 1. The summed E-state index contributed by atoms with van der Waals surface area (Å²) in [5.41, 5.74) is -3.95. The highest BCUT2D eigenvalue weighted by Gasteiger charge is 2.46. The standard InChI is InChI=1S/C25H19F4N3O5S2/c1-36-21-12-16(4-11-20(21)37-14-15-2-5-17(26)6-3-15)13-22-23(33)31-24(38-22)30-18-7-9-19(10-8-18)32-39(34,35)25(27,28)29/h2-13,32H,14H2,1H3,(H,30,31,33). The number of alkyl halides is 3. The van der Waals surface area contributed by atoms with Crippen molar-refractivity contribution in [2.75, 3.05) is 17.1 Å². The number of rotatable bonds is 8. The first-order valence-electron chi connectivity index (χ1n) is 11.0. The molecular weight excluding hydrogens is 562 g/mol. The van der Waals surface area contributed by atoms with Crippen molar-refractivity contribution in [3.05, 3.63) is 88.6 Å². The van der Waals surface area contributed by atoms with Crippen LogP contribution in [-0.4, -0.2) is 32.1 Å². The van der Waals surface area contributed by atoms with E-state index < -0.39 is 21.4 Å². The van der Waals surface area contributed by atoms with E-state index in [1.54, 1.807) is 36.4 Å². The molecule has 14 heteroatoms. The molecule has 0 aromatic heterocycles. The van der Waals surface area contributed by atoms with Crippen LogP contribution in [-0.2, 0) is 21.4 Å². The first-order chi connectivity index (χ1) is 18.4. The van der Waals surface area contributed by atoms with Crippen LogP contribution in [0.5, 0.6) is 11.5 Å². The third-order valence-electron chi connectivity index (χ3n) is 5.11. The van der Waals surface area contributed by atoms with E-state index in [-0.39, 0.29) is 23.3 Å². The number of nitrogens with zero attached hydrogens (tertiary/aromatic N) is 1. The summed E-state index contributed by atoms with van der Waals surface area (Å²) in [7, 11) is -4.07. The average Bonchev–Trinajstić information content (AvgIpc) is 3.22. The molecule has 1 aliphatic heterocycles. The zero-order valence-electron chi connectivity index (χ0n) is 20.0. The third-order valence-corrected chi connectivity index (χ3v) is 7.12. The number of hydrogen-bond donors (Lipinski definition) is 2. The Labute approximate surface area is 224 Å². The topological polar surface area (TPSA) is 106 Å². The van der Waals surface area contributed by atoms with Crippen LogP contribution in [0.25, 0.3) is 6.08 Å². The number of methoxy groups -OCH3 is 1. The lowest BCUT2D eigenvalue weighted by atomic mass is 10.2. The molecular formula is C25H19F4N3O5S2. The molecule has 0 radical (unpaired) electrons. The lowest BCUT2D eigenvalue weighted by Crippen LogP contribution is -2.29. The van der Waals surface area contributed by atoms with Crippen LogP contribution < -0.4 is 19.5 Å². The van der Waals surface area contributed by atoms with Crippen molar-refractivity contribution in [3.8, 4) is 11.5 Å². The second kappa shape index (κ2) is 11.4. The molecule has 0 atom stereocenters. The van der Waals surface area contributed by atoms with Crippen molar-refractivity contribution in [1.82, 2.24) is 0 Å². The number of carbonyl (C=O) groups excluding carboxylic acids is 1. The summed E-state index contributed by atoms with van der Waals surface area (Å²) in [6.07, 6.45) is 1.60. The minimum Gasteiger partial charge on any atom is -0.493 e. The number of halogens is 4. The van der Waals surface area contributed by atoms with E-state index in [1.807, 2.05) is 0 Å². The Morgan fingerprint density at radius 3 is 2.28 bits per heavy atom. The van der Waals surface area contributed by atoms with E-state index in [1.165, 1.54) is 36.1 Å². The lowest BCUT2D eigenvalue weighted by molar-refractivity contribution is -0.113. The molecule has 0 spiro atoms. The highest BCUT2D eigenvalue weighted by Crippen LogP contribution is 2.33. The van der Waals surface area contributed by atoms with Gasteiger partial charge in [0.1, 0.15) is 12.4 Å². The van der Waals surface area contributed by atoms with Gasteiger partial charge in [-0.3, -0.25) is 9.52 Å². The van der Waals surface area contributed by atoms with Crippen LogP contribution in [0, 0.1) is 5.82 Å². The summed E-state index contributed by atoms with van der Waals surface area (Å²) < 4.78 is 85.7. The summed E-state index contributed by atoms with van der Waals surface area (Å²) in [5.74, 6) is 0.0205. The number of hydrogen-bond acceptors (Lipinski definition) is 7. The minimum atomic E-state index is -5.54. The van der Waals surface area contributed by atoms with Crippen LogP contribution in [0.4, 0.5) is 28.9 Å². The molecule has 4 rings (SSSR count). The van der Waals surface area contributed by atoms with Gasteiger partial charge in [-0.2, -0.15) is 26.6 Å². The maximum Gasteiger partial charge on any atom is 0.516 e. The predicted octanol–water partition coefficient (Wildman–Crippen LogP) is 5.76. The van der Waals surface area contributed by atoms with E-state index >= 15 is 0 Å². The largest absolute Gasteiger partial charge is 0.516 e. The molecule has 0 saturated heterocycles. The normalized spacial score (nSPS) is 14.7. The van der Waals surface area contributed by atoms with Gasteiger partial charge in [-0.1, -0.05) is 18.2 Å². The van der Waals surface area contributed by atoms with Gasteiger partial charge in [0, 0.05) is 11.4 Å². The van der Waals surface area contributed by atoms with Crippen LogP contribution in [0.2, 0.25) is 0 Å². The van der Waals surface area contributed by atoms with Gasteiger partial charge in [-0.05, 0) is 77.5 Å². The first kappa shape index (κ1) is 28.0. The zero-order chi connectivity index (χ0) is 28.2. The van der Waals surface area contributed by atoms with Crippen LogP contribution in [0.3, 0.4) is 0 Å². The Morgan fingerprint density at radius 2 is 1.64 bits per heavy atom. The number of amidine groups is 1. The predicted molar refractivity (Wildman–Crippen MR) is 140 cm³/mol. The fraction of sp³-hybridized carbons (Fsp3) is 0.120. The van der Waals surface area contributed by atoms with E-state index in [9.17, 15) is 30.8 Å². The number of benzene rings is 3.